The van der Waals surface area contributed by atoms with Gasteiger partial charge in [0.15, 0.2) is 0 Å². The van der Waals surface area contributed by atoms with Crippen molar-refractivity contribution in [1.82, 2.24) is 4.90 Å². The van der Waals surface area contributed by atoms with Gasteiger partial charge in [0.25, 0.3) is 5.91 Å². The van der Waals surface area contributed by atoms with Crippen LogP contribution in [0, 0.1) is 0 Å². The van der Waals surface area contributed by atoms with Gasteiger partial charge in [-0.3, -0.25) is 4.79 Å². The lowest BCUT2D eigenvalue weighted by Crippen LogP contribution is -2.35. The maximum atomic E-state index is 12.2. The molecule has 1 aromatic rings. The van der Waals surface area contributed by atoms with Crippen molar-refractivity contribution in [1.29, 1.82) is 0 Å². The average Bonchev–Trinajstić information content (AvgIpc) is 2.39. The number of hydrogen-bond acceptors (Lipinski definition) is 2. The van der Waals surface area contributed by atoms with Crippen LogP contribution in [0.4, 0.5) is 0 Å². The van der Waals surface area contributed by atoms with E-state index < -0.39 is 0 Å². The number of amides is 1. The van der Waals surface area contributed by atoms with E-state index in [0.29, 0.717) is 11.3 Å². The number of methoxy groups -OCH3 is 1. The van der Waals surface area contributed by atoms with Gasteiger partial charge in [-0.15, -0.1) is 0 Å². The van der Waals surface area contributed by atoms with Crippen LogP contribution in [-0.2, 0) is 0 Å². The highest BCUT2D eigenvalue weighted by atomic mass is 16.5. The van der Waals surface area contributed by atoms with Crippen molar-refractivity contribution >= 4 is 5.91 Å². The number of benzene rings is 1. The highest BCUT2D eigenvalue weighted by Crippen LogP contribution is 2.21. The molecule has 0 N–H and O–H groups in total. The number of hydrogen-bond donors (Lipinski definition) is 0. The second-order valence-corrected chi connectivity index (χ2v) is 4.05. The number of piperidine rings is 1. The largest absolute Gasteiger partial charge is 0.496 e. The van der Waals surface area contributed by atoms with Crippen LogP contribution in [0.25, 0.3) is 0 Å². The first kappa shape index (κ1) is 11.0. The zero-order valence-electron chi connectivity index (χ0n) is 9.61. The molecule has 3 heteroatoms. The van der Waals surface area contributed by atoms with Crippen LogP contribution >= 0.6 is 0 Å². The molecule has 1 saturated heterocycles. The minimum absolute atomic E-state index is 0.0946. The minimum atomic E-state index is 0.0946. The number of carbonyl (C=O) groups is 1. The predicted molar refractivity (Wildman–Crippen MR) is 62.7 cm³/mol. The molecule has 1 fully saturated rings. The highest BCUT2D eigenvalue weighted by molar-refractivity contribution is 5.97. The van der Waals surface area contributed by atoms with E-state index in [1.54, 1.807) is 7.11 Å². The van der Waals surface area contributed by atoms with Gasteiger partial charge in [-0.1, -0.05) is 12.1 Å². The number of nitrogens with zero attached hydrogens (tertiary/aromatic N) is 1. The Morgan fingerprint density at radius 2 is 1.88 bits per heavy atom. The summed E-state index contributed by atoms with van der Waals surface area (Å²) in [5, 5.41) is 0. The van der Waals surface area contributed by atoms with E-state index in [2.05, 4.69) is 0 Å². The average molecular weight is 219 g/mol. The fourth-order valence-electron chi connectivity index (χ4n) is 2.09. The van der Waals surface area contributed by atoms with Crippen molar-refractivity contribution in [2.75, 3.05) is 20.2 Å². The van der Waals surface area contributed by atoms with Crippen molar-refractivity contribution in [2.24, 2.45) is 0 Å². The Morgan fingerprint density at radius 3 is 2.56 bits per heavy atom. The molecule has 1 aromatic carbocycles. The van der Waals surface area contributed by atoms with Crippen molar-refractivity contribution in [2.45, 2.75) is 19.3 Å². The Hall–Kier alpha value is -1.51. The zero-order chi connectivity index (χ0) is 11.4. The maximum absolute atomic E-state index is 12.2. The standard InChI is InChI=1S/C13H17NO2/c1-16-12-8-4-3-7-11(12)13(15)14-9-5-2-6-10-14/h3-4,7-8H,2,5-6,9-10H2,1H3. The van der Waals surface area contributed by atoms with E-state index in [9.17, 15) is 4.79 Å². The summed E-state index contributed by atoms with van der Waals surface area (Å²) in [5.41, 5.74) is 0.673. The van der Waals surface area contributed by atoms with Crippen LogP contribution in [-0.4, -0.2) is 31.0 Å². The number of likely N-dealkylation sites (tertiary alicyclic amines) is 1. The minimum Gasteiger partial charge on any atom is -0.496 e. The molecule has 16 heavy (non-hydrogen) atoms. The summed E-state index contributed by atoms with van der Waals surface area (Å²) in [6.07, 6.45) is 3.46. The summed E-state index contributed by atoms with van der Waals surface area (Å²) < 4.78 is 5.21. The molecule has 0 saturated carbocycles. The van der Waals surface area contributed by atoms with Gasteiger partial charge in [-0.05, 0) is 31.4 Å². The summed E-state index contributed by atoms with van der Waals surface area (Å²) in [7, 11) is 1.60. The fraction of sp³-hybridized carbons (Fsp3) is 0.462. The van der Waals surface area contributed by atoms with Crippen molar-refractivity contribution in [3.8, 4) is 5.75 Å². The monoisotopic (exact) mass is 219 g/mol. The molecule has 1 heterocycles. The number of para-hydroxylation sites is 1. The van der Waals surface area contributed by atoms with Crippen LogP contribution in [0.1, 0.15) is 29.6 Å². The molecule has 0 atom stereocenters. The quantitative estimate of drug-likeness (QED) is 0.764. The van der Waals surface area contributed by atoms with Gasteiger partial charge in [0.2, 0.25) is 0 Å². The first-order valence-electron chi connectivity index (χ1n) is 5.75. The third-order valence-electron chi connectivity index (χ3n) is 2.98. The Labute approximate surface area is 96.0 Å². The Balaban J connectivity index is 2.19. The van der Waals surface area contributed by atoms with Gasteiger partial charge in [0.05, 0.1) is 12.7 Å². The van der Waals surface area contributed by atoms with Gasteiger partial charge in [0, 0.05) is 13.1 Å². The molecule has 1 amide bonds. The van der Waals surface area contributed by atoms with Crippen molar-refractivity contribution in [3.63, 3.8) is 0 Å². The summed E-state index contributed by atoms with van der Waals surface area (Å²) in [5.74, 6) is 0.759. The smallest absolute Gasteiger partial charge is 0.257 e. The molecule has 86 valence electrons. The molecule has 0 aliphatic carbocycles. The topological polar surface area (TPSA) is 29.5 Å². The molecule has 2 rings (SSSR count). The normalized spacial score (nSPS) is 15.9. The van der Waals surface area contributed by atoms with Crippen LogP contribution < -0.4 is 4.74 Å². The number of rotatable bonds is 2. The van der Waals surface area contributed by atoms with Gasteiger partial charge < -0.3 is 9.64 Å². The highest BCUT2D eigenvalue weighted by Gasteiger charge is 2.20. The summed E-state index contributed by atoms with van der Waals surface area (Å²) in [6, 6.07) is 7.42. The Morgan fingerprint density at radius 1 is 1.19 bits per heavy atom. The van der Waals surface area contributed by atoms with E-state index in [-0.39, 0.29) is 5.91 Å². The molecular weight excluding hydrogens is 202 g/mol. The third kappa shape index (κ3) is 2.18. The van der Waals surface area contributed by atoms with E-state index in [0.717, 1.165) is 25.9 Å². The molecule has 3 nitrogen and oxygen atoms in total. The number of ether oxygens (including phenoxy) is 1. The lowest BCUT2D eigenvalue weighted by atomic mass is 10.1. The molecular formula is C13H17NO2. The van der Waals surface area contributed by atoms with E-state index in [4.69, 9.17) is 4.74 Å². The van der Waals surface area contributed by atoms with Crippen LogP contribution in [0.15, 0.2) is 24.3 Å². The SMILES string of the molecule is COc1ccccc1C(=O)N1CCCCC1. The Kier molecular flexibility index (Phi) is 3.44. The molecule has 0 bridgehead atoms. The Bertz CT molecular complexity index is 370. The first-order valence-corrected chi connectivity index (χ1v) is 5.75. The second kappa shape index (κ2) is 5.01. The van der Waals surface area contributed by atoms with Gasteiger partial charge in [-0.2, -0.15) is 0 Å². The predicted octanol–water partition coefficient (Wildman–Crippen LogP) is 2.32. The number of carbonyl (C=O) groups excluding carboxylic acids is 1. The molecule has 0 unspecified atom stereocenters. The molecule has 1 aliphatic heterocycles. The second-order valence-electron chi connectivity index (χ2n) is 4.05. The van der Waals surface area contributed by atoms with Gasteiger partial charge >= 0.3 is 0 Å². The summed E-state index contributed by atoms with van der Waals surface area (Å²) >= 11 is 0. The molecule has 0 spiro atoms. The maximum Gasteiger partial charge on any atom is 0.257 e. The van der Waals surface area contributed by atoms with Crippen LogP contribution in [0.2, 0.25) is 0 Å². The van der Waals surface area contributed by atoms with E-state index >= 15 is 0 Å². The van der Waals surface area contributed by atoms with Gasteiger partial charge in [-0.25, -0.2) is 0 Å². The fourth-order valence-corrected chi connectivity index (χ4v) is 2.09. The lowest BCUT2D eigenvalue weighted by Gasteiger charge is -2.27. The molecule has 0 aromatic heterocycles. The molecule has 0 radical (unpaired) electrons. The van der Waals surface area contributed by atoms with Crippen LogP contribution in [0.3, 0.4) is 0 Å². The third-order valence-corrected chi connectivity index (χ3v) is 2.98. The van der Waals surface area contributed by atoms with E-state index in [1.807, 2.05) is 29.2 Å². The lowest BCUT2D eigenvalue weighted by molar-refractivity contribution is 0.0721. The van der Waals surface area contributed by atoms with Crippen molar-refractivity contribution in [3.05, 3.63) is 29.8 Å². The van der Waals surface area contributed by atoms with E-state index in [1.165, 1.54) is 6.42 Å². The first-order chi connectivity index (χ1) is 7.83. The summed E-state index contributed by atoms with van der Waals surface area (Å²) in [6.45, 7) is 1.74. The summed E-state index contributed by atoms with van der Waals surface area (Å²) in [4.78, 5) is 14.1. The zero-order valence-corrected chi connectivity index (χ0v) is 9.61. The van der Waals surface area contributed by atoms with Crippen molar-refractivity contribution < 1.29 is 9.53 Å². The molecule has 1 aliphatic rings. The van der Waals surface area contributed by atoms with Crippen LogP contribution in [0.5, 0.6) is 5.75 Å². The van der Waals surface area contributed by atoms with Gasteiger partial charge in [0.1, 0.15) is 5.75 Å².